The molecular formula is C15H9ClF3N3. The van der Waals surface area contributed by atoms with Crippen molar-refractivity contribution < 1.29 is 13.2 Å². The molecule has 0 fully saturated rings. The number of nitrogens with zero attached hydrogens (tertiary/aromatic N) is 3. The van der Waals surface area contributed by atoms with Crippen LogP contribution in [-0.4, -0.2) is 14.8 Å². The molecule has 0 bridgehead atoms. The summed E-state index contributed by atoms with van der Waals surface area (Å²) in [5.74, 6) is -1.12. The minimum Gasteiger partial charge on any atom is -0.207 e. The molecule has 0 radical (unpaired) electrons. The van der Waals surface area contributed by atoms with Crippen molar-refractivity contribution in [3.63, 3.8) is 0 Å². The van der Waals surface area contributed by atoms with Gasteiger partial charge >= 0.3 is 6.18 Å². The quantitative estimate of drug-likeness (QED) is 0.689. The van der Waals surface area contributed by atoms with Gasteiger partial charge in [0.05, 0.1) is 10.7 Å². The van der Waals surface area contributed by atoms with Crippen molar-refractivity contribution in [3.05, 3.63) is 65.4 Å². The predicted octanol–water partition coefficient (Wildman–Crippen LogP) is 4.61. The fourth-order valence-corrected chi connectivity index (χ4v) is 2.21. The van der Waals surface area contributed by atoms with E-state index in [1.54, 1.807) is 42.5 Å². The SMILES string of the molecule is FC(F)(F)c1nc(-c2ccccc2)nn1-c1ccccc1Cl. The van der Waals surface area contributed by atoms with E-state index in [2.05, 4.69) is 10.1 Å². The number of aromatic nitrogens is 3. The zero-order valence-corrected chi connectivity index (χ0v) is 11.8. The Morgan fingerprint density at radius 2 is 1.55 bits per heavy atom. The van der Waals surface area contributed by atoms with Gasteiger partial charge in [0.2, 0.25) is 5.82 Å². The first-order chi connectivity index (χ1) is 10.5. The monoisotopic (exact) mass is 323 g/mol. The molecule has 0 atom stereocenters. The lowest BCUT2D eigenvalue weighted by Gasteiger charge is -2.09. The Kier molecular flexibility index (Phi) is 3.62. The number of hydrogen-bond donors (Lipinski definition) is 0. The predicted molar refractivity (Wildman–Crippen MR) is 76.8 cm³/mol. The Morgan fingerprint density at radius 1 is 0.909 bits per heavy atom. The van der Waals surface area contributed by atoms with Crippen molar-refractivity contribution >= 4 is 11.6 Å². The molecule has 0 aliphatic heterocycles. The second kappa shape index (κ2) is 5.46. The van der Waals surface area contributed by atoms with Gasteiger partial charge in [0.25, 0.3) is 0 Å². The van der Waals surface area contributed by atoms with Crippen LogP contribution in [-0.2, 0) is 6.18 Å². The average molecular weight is 324 g/mol. The van der Waals surface area contributed by atoms with Crippen LogP contribution in [0.5, 0.6) is 0 Å². The molecule has 0 aliphatic carbocycles. The van der Waals surface area contributed by atoms with Gasteiger partial charge in [0.15, 0.2) is 5.82 Å². The lowest BCUT2D eigenvalue weighted by molar-refractivity contribution is -0.146. The summed E-state index contributed by atoms with van der Waals surface area (Å²) in [6, 6.07) is 14.6. The molecule has 3 rings (SSSR count). The molecular weight excluding hydrogens is 315 g/mol. The van der Waals surface area contributed by atoms with Gasteiger partial charge in [-0.3, -0.25) is 0 Å². The topological polar surface area (TPSA) is 30.7 Å². The number of para-hydroxylation sites is 1. The number of hydrogen-bond acceptors (Lipinski definition) is 2. The van der Waals surface area contributed by atoms with Crippen molar-refractivity contribution in [1.82, 2.24) is 14.8 Å². The van der Waals surface area contributed by atoms with Gasteiger partial charge in [-0.25, -0.2) is 9.67 Å². The minimum absolute atomic E-state index is 0.00663. The third-order valence-electron chi connectivity index (χ3n) is 2.97. The third kappa shape index (κ3) is 2.69. The maximum atomic E-state index is 13.2. The van der Waals surface area contributed by atoms with E-state index in [9.17, 15) is 13.2 Å². The Morgan fingerprint density at radius 3 is 2.18 bits per heavy atom. The van der Waals surface area contributed by atoms with Crippen LogP contribution in [0.2, 0.25) is 5.02 Å². The zero-order valence-electron chi connectivity index (χ0n) is 11.0. The van der Waals surface area contributed by atoms with Crippen LogP contribution >= 0.6 is 11.6 Å². The van der Waals surface area contributed by atoms with Crippen LogP contribution in [0.15, 0.2) is 54.6 Å². The standard InChI is InChI=1S/C15H9ClF3N3/c16-11-8-4-5-9-12(11)22-14(15(17,18)19)20-13(21-22)10-6-2-1-3-7-10/h1-9H. The molecule has 0 saturated carbocycles. The van der Waals surface area contributed by atoms with Crippen molar-refractivity contribution in [2.75, 3.05) is 0 Å². The number of alkyl halides is 3. The van der Waals surface area contributed by atoms with Crippen LogP contribution in [0.4, 0.5) is 13.2 Å². The van der Waals surface area contributed by atoms with E-state index < -0.39 is 12.0 Å². The normalized spacial score (nSPS) is 11.6. The maximum absolute atomic E-state index is 13.2. The minimum atomic E-state index is -4.64. The molecule has 0 aliphatic rings. The first-order valence-corrected chi connectivity index (χ1v) is 6.69. The number of rotatable bonds is 2. The van der Waals surface area contributed by atoms with Gasteiger partial charge in [-0.15, -0.1) is 5.10 Å². The van der Waals surface area contributed by atoms with E-state index in [0.717, 1.165) is 4.68 Å². The van der Waals surface area contributed by atoms with Gasteiger partial charge in [0, 0.05) is 5.56 Å². The molecule has 1 heterocycles. The number of halogens is 4. The summed E-state index contributed by atoms with van der Waals surface area (Å²) in [7, 11) is 0. The smallest absolute Gasteiger partial charge is 0.207 e. The van der Waals surface area contributed by atoms with Crippen LogP contribution in [0.3, 0.4) is 0 Å². The van der Waals surface area contributed by atoms with E-state index in [1.165, 1.54) is 12.1 Å². The molecule has 3 nitrogen and oxygen atoms in total. The second-order valence-electron chi connectivity index (χ2n) is 4.49. The van der Waals surface area contributed by atoms with Crippen molar-refractivity contribution in [2.45, 2.75) is 6.18 Å². The van der Waals surface area contributed by atoms with Crippen molar-refractivity contribution in [3.8, 4) is 17.1 Å². The molecule has 0 spiro atoms. The Labute approximate surface area is 129 Å². The largest absolute Gasteiger partial charge is 0.451 e. The Hall–Kier alpha value is -2.34. The molecule has 0 N–H and O–H groups in total. The molecule has 3 aromatic rings. The highest BCUT2D eigenvalue weighted by Gasteiger charge is 2.39. The van der Waals surface area contributed by atoms with Gasteiger partial charge in [-0.05, 0) is 12.1 Å². The Bertz CT molecular complexity index is 797. The molecule has 112 valence electrons. The van der Waals surface area contributed by atoms with Crippen LogP contribution in [0.1, 0.15) is 5.82 Å². The van der Waals surface area contributed by atoms with E-state index in [4.69, 9.17) is 11.6 Å². The summed E-state index contributed by atoms with van der Waals surface area (Å²) in [4.78, 5) is 3.64. The van der Waals surface area contributed by atoms with Crippen LogP contribution < -0.4 is 0 Å². The summed E-state index contributed by atoms with van der Waals surface area (Å²) >= 11 is 5.98. The molecule has 0 amide bonds. The molecule has 0 unspecified atom stereocenters. The van der Waals surface area contributed by atoms with Crippen LogP contribution in [0.25, 0.3) is 17.1 Å². The van der Waals surface area contributed by atoms with E-state index >= 15 is 0 Å². The summed E-state index contributed by atoms with van der Waals surface area (Å²) in [5, 5.41) is 4.14. The van der Waals surface area contributed by atoms with E-state index in [0.29, 0.717) is 5.56 Å². The second-order valence-corrected chi connectivity index (χ2v) is 4.89. The van der Waals surface area contributed by atoms with Crippen molar-refractivity contribution in [1.29, 1.82) is 0 Å². The molecule has 1 aromatic heterocycles. The summed E-state index contributed by atoms with van der Waals surface area (Å²) in [5.41, 5.74) is 0.630. The first-order valence-electron chi connectivity index (χ1n) is 6.31. The third-order valence-corrected chi connectivity index (χ3v) is 3.29. The summed E-state index contributed by atoms with van der Waals surface area (Å²) in [6.45, 7) is 0. The van der Waals surface area contributed by atoms with E-state index in [1.807, 2.05) is 0 Å². The average Bonchev–Trinajstić information content (AvgIpc) is 2.94. The highest BCUT2D eigenvalue weighted by atomic mass is 35.5. The van der Waals surface area contributed by atoms with Crippen LogP contribution in [0, 0.1) is 0 Å². The highest BCUT2D eigenvalue weighted by molar-refractivity contribution is 6.32. The summed E-state index contributed by atoms with van der Waals surface area (Å²) in [6.07, 6.45) is -4.64. The molecule has 0 saturated heterocycles. The lowest BCUT2D eigenvalue weighted by atomic mass is 10.2. The van der Waals surface area contributed by atoms with Gasteiger partial charge < -0.3 is 0 Å². The molecule has 22 heavy (non-hydrogen) atoms. The maximum Gasteiger partial charge on any atom is 0.451 e. The van der Waals surface area contributed by atoms with Gasteiger partial charge in [-0.1, -0.05) is 54.1 Å². The lowest BCUT2D eigenvalue weighted by Crippen LogP contribution is -2.14. The highest BCUT2D eigenvalue weighted by Crippen LogP contribution is 2.33. The van der Waals surface area contributed by atoms with Gasteiger partial charge in [0.1, 0.15) is 0 Å². The molecule has 7 heteroatoms. The fourth-order valence-electron chi connectivity index (χ4n) is 2.00. The molecule has 2 aromatic carbocycles. The number of benzene rings is 2. The van der Waals surface area contributed by atoms with Gasteiger partial charge in [-0.2, -0.15) is 13.2 Å². The summed E-state index contributed by atoms with van der Waals surface area (Å²) < 4.78 is 40.4. The Balaban J connectivity index is 2.21. The zero-order chi connectivity index (χ0) is 15.7. The fraction of sp³-hybridized carbons (Fsp3) is 0.0667. The van der Waals surface area contributed by atoms with E-state index in [-0.39, 0.29) is 16.5 Å². The first kappa shape index (κ1) is 14.6. The van der Waals surface area contributed by atoms with Crippen molar-refractivity contribution in [2.24, 2.45) is 0 Å².